The second-order valence-corrected chi connectivity index (χ2v) is 5.14. The average molecular weight is 271 g/mol. The van der Waals surface area contributed by atoms with Crippen LogP contribution in [-0.4, -0.2) is 17.1 Å². The zero-order valence-electron chi connectivity index (χ0n) is 12.0. The highest BCUT2D eigenvalue weighted by atomic mass is 16.4. The minimum absolute atomic E-state index is 0.00810. The number of rotatable bonds is 6. The van der Waals surface area contributed by atoms with Crippen molar-refractivity contribution in [2.75, 3.05) is 0 Å². The topological polar surface area (TPSA) is 49.3 Å². The van der Waals surface area contributed by atoms with Crippen molar-refractivity contribution in [3.8, 4) is 0 Å². The molecule has 2 rings (SSSR count). The summed E-state index contributed by atoms with van der Waals surface area (Å²) in [6.07, 6.45) is 1.50. The van der Waals surface area contributed by atoms with E-state index in [4.69, 9.17) is 0 Å². The lowest BCUT2D eigenvalue weighted by molar-refractivity contribution is -0.139. The fourth-order valence-electron chi connectivity index (χ4n) is 2.59. The van der Waals surface area contributed by atoms with E-state index in [1.807, 2.05) is 32.0 Å². The zero-order chi connectivity index (χ0) is 14.5. The Morgan fingerprint density at radius 1 is 1.20 bits per heavy atom. The van der Waals surface area contributed by atoms with Crippen molar-refractivity contribution in [3.63, 3.8) is 0 Å². The van der Waals surface area contributed by atoms with Gasteiger partial charge in [0.2, 0.25) is 0 Å². The SMILES string of the molecule is CCCC(NC(C)c1cccc2ccccc12)C(=O)O. The number of aliphatic carboxylic acids is 1. The molecule has 0 aromatic heterocycles. The number of carboxylic acids is 1. The van der Waals surface area contributed by atoms with Crippen LogP contribution in [0.4, 0.5) is 0 Å². The first-order chi connectivity index (χ1) is 9.63. The van der Waals surface area contributed by atoms with Gasteiger partial charge in [0.1, 0.15) is 6.04 Å². The van der Waals surface area contributed by atoms with Crippen LogP contribution in [0.25, 0.3) is 10.8 Å². The number of carboxylic acid groups (broad SMARTS) is 1. The fraction of sp³-hybridized carbons (Fsp3) is 0.353. The predicted molar refractivity (Wildman–Crippen MR) is 81.8 cm³/mol. The number of hydrogen-bond acceptors (Lipinski definition) is 2. The first-order valence-electron chi connectivity index (χ1n) is 7.10. The Morgan fingerprint density at radius 3 is 2.60 bits per heavy atom. The minimum Gasteiger partial charge on any atom is -0.480 e. The van der Waals surface area contributed by atoms with E-state index in [1.54, 1.807) is 0 Å². The molecule has 0 aliphatic heterocycles. The second-order valence-electron chi connectivity index (χ2n) is 5.14. The van der Waals surface area contributed by atoms with Crippen LogP contribution < -0.4 is 5.32 Å². The van der Waals surface area contributed by atoms with Gasteiger partial charge in [-0.2, -0.15) is 0 Å². The van der Waals surface area contributed by atoms with Gasteiger partial charge in [-0.15, -0.1) is 0 Å². The van der Waals surface area contributed by atoms with E-state index in [9.17, 15) is 9.90 Å². The molecule has 0 fully saturated rings. The molecule has 0 aliphatic carbocycles. The van der Waals surface area contributed by atoms with Crippen LogP contribution in [0.15, 0.2) is 42.5 Å². The summed E-state index contributed by atoms with van der Waals surface area (Å²) in [7, 11) is 0. The lowest BCUT2D eigenvalue weighted by atomic mass is 9.98. The molecule has 0 saturated heterocycles. The van der Waals surface area contributed by atoms with Crippen molar-refractivity contribution < 1.29 is 9.90 Å². The van der Waals surface area contributed by atoms with Gasteiger partial charge >= 0.3 is 5.97 Å². The molecule has 2 aromatic carbocycles. The Morgan fingerprint density at radius 2 is 1.90 bits per heavy atom. The Labute approximate surface area is 119 Å². The number of carbonyl (C=O) groups is 1. The molecule has 2 unspecified atom stereocenters. The lowest BCUT2D eigenvalue weighted by Crippen LogP contribution is -2.38. The number of nitrogens with one attached hydrogen (secondary N) is 1. The van der Waals surface area contributed by atoms with E-state index in [0.29, 0.717) is 6.42 Å². The highest BCUT2D eigenvalue weighted by Crippen LogP contribution is 2.24. The molecule has 0 heterocycles. The van der Waals surface area contributed by atoms with Crippen molar-refractivity contribution in [2.24, 2.45) is 0 Å². The Hall–Kier alpha value is -1.87. The third-order valence-corrected chi connectivity index (χ3v) is 3.62. The van der Waals surface area contributed by atoms with Gasteiger partial charge in [0, 0.05) is 6.04 Å². The Bertz CT molecular complexity index is 589. The summed E-state index contributed by atoms with van der Waals surface area (Å²) in [6.45, 7) is 4.02. The molecule has 0 radical (unpaired) electrons. The number of hydrogen-bond donors (Lipinski definition) is 2. The molecule has 2 atom stereocenters. The molecule has 2 aromatic rings. The first kappa shape index (κ1) is 14.5. The van der Waals surface area contributed by atoms with E-state index in [0.717, 1.165) is 12.0 Å². The van der Waals surface area contributed by atoms with E-state index in [-0.39, 0.29) is 6.04 Å². The molecule has 3 heteroatoms. The van der Waals surface area contributed by atoms with Crippen LogP contribution in [0.1, 0.15) is 38.3 Å². The monoisotopic (exact) mass is 271 g/mol. The summed E-state index contributed by atoms with van der Waals surface area (Å²) < 4.78 is 0. The summed E-state index contributed by atoms with van der Waals surface area (Å²) >= 11 is 0. The van der Waals surface area contributed by atoms with Gasteiger partial charge in [-0.1, -0.05) is 55.8 Å². The minimum atomic E-state index is -0.779. The maximum Gasteiger partial charge on any atom is 0.320 e. The van der Waals surface area contributed by atoms with Crippen LogP contribution >= 0.6 is 0 Å². The maximum atomic E-state index is 11.3. The highest BCUT2D eigenvalue weighted by Gasteiger charge is 2.19. The third-order valence-electron chi connectivity index (χ3n) is 3.62. The first-order valence-corrected chi connectivity index (χ1v) is 7.10. The van der Waals surface area contributed by atoms with E-state index < -0.39 is 12.0 Å². The number of fused-ring (bicyclic) bond motifs is 1. The van der Waals surface area contributed by atoms with Crippen molar-refractivity contribution >= 4 is 16.7 Å². The van der Waals surface area contributed by atoms with Gasteiger partial charge in [-0.3, -0.25) is 10.1 Å². The summed E-state index contributed by atoms with van der Waals surface area (Å²) in [5, 5.41) is 14.8. The van der Waals surface area contributed by atoms with Crippen molar-refractivity contribution in [1.29, 1.82) is 0 Å². The van der Waals surface area contributed by atoms with Crippen LogP contribution in [0.3, 0.4) is 0 Å². The van der Waals surface area contributed by atoms with Crippen molar-refractivity contribution in [3.05, 3.63) is 48.0 Å². The van der Waals surface area contributed by atoms with E-state index >= 15 is 0 Å². The average Bonchev–Trinajstić information content (AvgIpc) is 2.46. The molecule has 0 aliphatic rings. The summed E-state index contributed by atoms with van der Waals surface area (Å²) in [5.74, 6) is -0.779. The highest BCUT2D eigenvalue weighted by molar-refractivity contribution is 5.86. The zero-order valence-corrected chi connectivity index (χ0v) is 12.0. The van der Waals surface area contributed by atoms with Crippen molar-refractivity contribution in [2.45, 2.75) is 38.8 Å². The van der Waals surface area contributed by atoms with E-state index in [2.05, 4.69) is 29.6 Å². The molecule has 0 bridgehead atoms. The molecule has 0 saturated carbocycles. The second kappa shape index (κ2) is 6.53. The van der Waals surface area contributed by atoms with Gasteiger partial charge in [0.15, 0.2) is 0 Å². The quantitative estimate of drug-likeness (QED) is 0.841. The smallest absolute Gasteiger partial charge is 0.320 e. The molecule has 0 amide bonds. The Balaban J connectivity index is 2.26. The van der Waals surface area contributed by atoms with Crippen LogP contribution in [0, 0.1) is 0 Å². The standard InChI is InChI=1S/C17H21NO2/c1-3-7-16(17(19)20)18-12(2)14-11-6-9-13-8-4-5-10-15(13)14/h4-6,8-12,16,18H,3,7H2,1-2H3,(H,19,20). The van der Waals surface area contributed by atoms with Crippen LogP contribution in [0.5, 0.6) is 0 Å². The van der Waals surface area contributed by atoms with Gasteiger partial charge in [0.25, 0.3) is 0 Å². The predicted octanol–water partition coefficient (Wildman–Crippen LogP) is 3.74. The molecule has 0 spiro atoms. The van der Waals surface area contributed by atoms with E-state index in [1.165, 1.54) is 10.8 Å². The maximum absolute atomic E-state index is 11.3. The third kappa shape index (κ3) is 3.17. The van der Waals surface area contributed by atoms with Gasteiger partial charge in [0.05, 0.1) is 0 Å². The van der Waals surface area contributed by atoms with Crippen LogP contribution in [-0.2, 0) is 4.79 Å². The molecular formula is C17H21NO2. The molecule has 2 N–H and O–H groups in total. The summed E-state index contributed by atoms with van der Waals surface area (Å²) in [6, 6.07) is 13.9. The van der Waals surface area contributed by atoms with Crippen LogP contribution in [0.2, 0.25) is 0 Å². The molecule has 3 nitrogen and oxygen atoms in total. The molecular weight excluding hydrogens is 250 g/mol. The summed E-state index contributed by atoms with van der Waals surface area (Å²) in [5.41, 5.74) is 1.14. The normalized spacial score (nSPS) is 14.1. The Kier molecular flexibility index (Phi) is 4.74. The van der Waals surface area contributed by atoms with Gasteiger partial charge in [-0.05, 0) is 29.7 Å². The largest absolute Gasteiger partial charge is 0.480 e. The fourth-order valence-corrected chi connectivity index (χ4v) is 2.59. The van der Waals surface area contributed by atoms with Gasteiger partial charge in [-0.25, -0.2) is 0 Å². The lowest BCUT2D eigenvalue weighted by Gasteiger charge is -2.21. The number of benzene rings is 2. The molecule has 106 valence electrons. The molecule has 20 heavy (non-hydrogen) atoms. The summed E-state index contributed by atoms with van der Waals surface area (Å²) in [4.78, 5) is 11.3. The van der Waals surface area contributed by atoms with Crippen molar-refractivity contribution in [1.82, 2.24) is 5.32 Å². The van der Waals surface area contributed by atoms with Gasteiger partial charge < -0.3 is 5.11 Å².